The summed E-state index contributed by atoms with van der Waals surface area (Å²) in [4.78, 5) is 14.0. The van der Waals surface area contributed by atoms with Gasteiger partial charge in [0, 0.05) is 19.6 Å². The summed E-state index contributed by atoms with van der Waals surface area (Å²) in [7, 11) is -3.80. The fourth-order valence-corrected chi connectivity index (χ4v) is 3.91. The van der Waals surface area contributed by atoms with Crippen LogP contribution in [-0.2, 0) is 23.0 Å². The summed E-state index contributed by atoms with van der Waals surface area (Å²) in [6.45, 7) is 3.60. The van der Waals surface area contributed by atoms with E-state index in [9.17, 15) is 13.2 Å². The van der Waals surface area contributed by atoms with E-state index in [-0.39, 0.29) is 17.5 Å². The molecule has 0 bridgehead atoms. The van der Waals surface area contributed by atoms with E-state index < -0.39 is 10.0 Å². The van der Waals surface area contributed by atoms with Crippen molar-refractivity contribution in [2.24, 2.45) is 11.1 Å². The fraction of sp³-hybridized carbons (Fsp3) is 0.316. The van der Waals surface area contributed by atoms with Crippen molar-refractivity contribution in [2.75, 3.05) is 13.1 Å². The minimum absolute atomic E-state index is 0.0427. The first kappa shape index (κ1) is 18.4. The van der Waals surface area contributed by atoms with Crippen molar-refractivity contribution in [1.29, 1.82) is 0 Å². The summed E-state index contributed by atoms with van der Waals surface area (Å²) in [6.07, 6.45) is 0.957. The van der Waals surface area contributed by atoms with Gasteiger partial charge in [-0.15, -0.1) is 0 Å². The van der Waals surface area contributed by atoms with Gasteiger partial charge in [0.25, 0.3) is 0 Å². The monoisotopic (exact) mass is 373 g/mol. The molecule has 2 aromatic rings. The minimum Gasteiger partial charge on any atom is -0.334 e. The highest BCUT2D eigenvalue weighted by atomic mass is 32.2. The molecular weight excluding hydrogens is 350 g/mol. The van der Waals surface area contributed by atoms with Crippen molar-refractivity contribution in [2.45, 2.75) is 24.8 Å². The van der Waals surface area contributed by atoms with E-state index in [0.29, 0.717) is 24.6 Å². The molecule has 0 radical (unpaired) electrons. The topological polar surface area (TPSA) is 92.5 Å². The van der Waals surface area contributed by atoms with Crippen molar-refractivity contribution in [3.63, 3.8) is 0 Å². The third kappa shape index (κ3) is 4.42. The summed E-state index contributed by atoms with van der Waals surface area (Å²) in [6, 6.07) is 14.7. The zero-order valence-corrected chi connectivity index (χ0v) is 15.5. The van der Waals surface area contributed by atoms with E-state index in [1.165, 1.54) is 17.2 Å². The molecule has 138 valence electrons. The van der Waals surface area contributed by atoms with Crippen LogP contribution in [0.15, 0.2) is 53.4 Å². The molecule has 1 saturated heterocycles. The van der Waals surface area contributed by atoms with Crippen LogP contribution in [0, 0.1) is 12.8 Å². The van der Waals surface area contributed by atoms with Crippen LogP contribution in [0.4, 0.5) is 4.79 Å². The Hall–Kier alpha value is -2.38. The number of hydrogen-bond donors (Lipinski definition) is 2. The molecule has 0 unspecified atom stereocenters. The zero-order chi connectivity index (χ0) is 18.7. The number of nitrogens with two attached hydrogens (primary N) is 1. The Bertz CT molecular complexity index is 889. The van der Waals surface area contributed by atoms with Gasteiger partial charge in [-0.25, -0.2) is 18.4 Å². The largest absolute Gasteiger partial charge is 0.334 e. The van der Waals surface area contributed by atoms with Crippen LogP contribution in [0.3, 0.4) is 0 Å². The molecule has 1 heterocycles. The summed E-state index contributed by atoms with van der Waals surface area (Å²) in [5.74, 6) is 0.458. The van der Waals surface area contributed by atoms with E-state index in [4.69, 9.17) is 5.14 Å². The Kier molecular flexibility index (Phi) is 5.29. The average Bonchev–Trinajstić information content (AvgIpc) is 2.56. The van der Waals surface area contributed by atoms with Gasteiger partial charge in [-0.05, 0) is 36.5 Å². The number of nitrogens with zero attached hydrogens (tertiary/aromatic N) is 1. The number of likely N-dealkylation sites (tertiary alicyclic amines) is 1. The van der Waals surface area contributed by atoms with Crippen molar-refractivity contribution < 1.29 is 13.2 Å². The van der Waals surface area contributed by atoms with Crippen molar-refractivity contribution >= 4 is 16.1 Å². The Morgan fingerprint density at radius 3 is 2.46 bits per heavy atom. The lowest BCUT2D eigenvalue weighted by Crippen LogP contribution is -2.54. The molecule has 1 aliphatic heterocycles. The van der Waals surface area contributed by atoms with Gasteiger partial charge >= 0.3 is 6.03 Å². The van der Waals surface area contributed by atoms with Gasteiger partial charge in [0.05, 0.1) is 4.90 Å². The quantitative estimate of drug-likeness (QED) is 0.840. The number of sulfonamides is 1. The van der Waals surface area contributed by atoms with Crippen LogP contribution in [0.25, 0.3) is 0 Å². The van der Waals surface area contributed by atoms with Gasteiger partial charge in [-0.1, -0.05) is 48.0 Å². The Morgan fingerprint density at radius 1 is 1.15 bits per heavy atom. The molecule has 3 N–H and O–H groups in total. The lowest BCUT2D eigenvalue weighted by Gasteiger charge is -2.39. The SMILES string of the molecule is Cc1ccc(CC2CN(C(=O)NCc3ccccc3S(N)(=O)=O)C2)cc1. The molecule has 0 saturated carbocycles. The molecule has 2 aromatic carbocycles. The number of rotatable bonds is 5. The van der Waals surface area contributed by atoms with Gasteiger partial charge in [-0.3, -0.25) is 0 Å². The number of primary sulfonamides is 1. The number of carbonyl (C=O) groups is 1. The summed E-state index contributed by atoms with van der Waals surface area (Å²) >= 11 is 0. The van der Waals surface area contributed by atoms with Crippen LogP contribution in [0.5, 0.6) is 0 Å². The normalized spacial score (nSPS) is 14.8. The molecule has 3 rings (SSSR count). The number of hydrogen-bond acceptors (Lipinski definition) is 3. The van der Waals surface area contributed by atoms with Gasteiger partial charge in [-0.2, -0.15) is 0 Å². The zero-order valence-electron chi connectivity index (χ0n) is 14.7. The van der Waals surface area contributed by atoms with Crippen LogP contribution < -0.4 is 10.5 Å². The van der Waals surface area contributed by atoms with Crippen LogP contribution >= 0.6 is 0 Å². The smallest absolute Gasteiger partial charge is 0.317 e. The molecule has 2 amide bonds. The summed E-state index contributed by atoms with van der Waals surface area (Å²) < 4.78 is 23.2. The highest BCUT2D eigenvalue weighted by Crippen LogP contribution is 2.21. The third-order valence-corrected chi connectivity index (χ3v) is 5.61. The molecular formula is C19H23N3O3S. The van der Waals surface area contributed by atoms with Gasteiger partial charge < -0.3 is 10.2 Å². The van der Waals surface area contributed by atoms with Crippen LogP contribution in [0.2, 0.25) is 0 Å². The third-order valence-electron chi connectivity index (χ3n) is 4.60. The van der Waals surface area contributed by atoms with Crippen LogP contribution in [-0.4, -0.2) is 32.4 Å². The molecule has 0 aromatic heterocycles. The maximum atomic E-state index is 12.2. The van der Waals surface area contributed by atoms with Crippen molar-refractivity contribution in [3.8, 4) is 0 Å². The second-order valence-electron chi connectivity index (χ2n) is 6.77. The number of carbonyl (C=O) groups excluding carboxylic acids is 1. The van der Waals surface area contributed by atoms with E-state index in [1.807, 2.05) is 0 Å². The molecule has 0 aliphatic carbocycles. The molecule has 6 nitrogen and oxygen atoms in total. The molecule has 7 heteroatoms. The van der Waals surface area contributed by atoms with Crippen molar-refractivity contribution in [3.05, 3.63) is 65.2 Å². The number of amides is 2. The van der Waals surface area contributed by atoms with Gasteiger partial charge in [0.15, 0.2) is 0 Å². The average molecular weight is 373 g/mol. The Labute approximate surface area is 154 Å². The Morgan fingerprint density at radius 2 is 1.81 bits per heavy atom. The molecule has 26 heavy (non-hydrogen) atoms. The van der Waals surface area contributed by atoms with Gasteiger partial charge in [0.1, 0.15) is 0 Å². The second kappa shape index (κ2) is 7.47. The predicted octanol–water partition coefficient (Wildman–Crippen LogP) is 2.03. The lowest BCUT2D eigenvalue weighted by atomic mass is 9.92. The summed E-state index contributed by atoms with van der Waals surface area (Å²) in [5.41, 5.74) is 3.01. The predicted molar refractivity (Wildman–Crippen MR) is 100.0 cm³/mol. The minimum atomic E-state index is -3.80. The fourth-order valence-electron chi connectivity index (χ4n) is 3.13. The molecule has 0 atom stereocenters. The molecule has 0 spiro atoms. The summed E-state index contributed by atoms with van der Waals surface area (Å²) in [5, 5.41) is 7.98. The first-order chi connectivity index (χ1) is 12.3. The number of nitrogens with one attached hydrogen (secondary N) is 1. The Balaban J connectivity index is 1.50. The number of aryl methyl sites for hydroxylation is 1. The number of urea groups is 1. The molecule has 1 fully saturated rings. The van der Waals surface area contributed by atoms with Crippen molar-refractivity contribution in [1.82, 2.24) is 10.2 Å². The van der Waals surface area contributed by atoms with Crippen LogP contribution in [0.1, 0.15) is 16.7 Å². The highest BCUT2D eigenvalue weighted by molar-refractivity contribution is 7.89. The first-order valence-electron chi connectivity index (χ1n) is 8.52. The van der Waals surface area contributed by atoms with E-state index in [1.54, 1.807) is 23.1 Å². The maximum Gasteiger partial charge on any atom is 0.317 e. The maximum absolute atomic E-state index is 12.2. The lowest BCUT2D eigenvalue weighted by molar-refractivity contribution is 0.120. The van der Waals surface area contributed by atoms with E-state index >= 15 is 0 Å². The number of benzene rings is 2. The first-order valence-corrected chi connectivity index (χ1v) is 10.1. The highest BCUT2D eigenvalue weighted by Gasteiger charge is 2.30. The molecule has 1 aliphatic rings. The van der Waals surface area contributed by atoms with E-state index in [2.05, 4.69) is 36.5 Å². The standard InChI is InChI=1S/C19H23N3O3S/c1-14-6-8-15(9-7-14)10-16-12-22(13-16)19(23)21-11-17-4-2-3-5-18(17)26(20,24)25/h2-9,16H,10-13H2,1H3,(H,21,23)(H2,20,24,25). The second-order valence-corrected chi connectivity index (χ2v) is 8.30. The van der Waals surface area contributed by atoms with Gasteiger partial charge in [0.2, 0.25) is 10.0 Å². The van der Waals surface area contributed by atoms with E-state index in [0.717, 1.165) is 6.42 Å².